The van der Waals surface area contributed by atoms with Crippen molar-refractivity contribution in [1.29, 1.82) is 4.78 Å². The monoisotopic (exact) mass is 260 g/mol. The molecule has 0 bridgehead atoms. The van der Waals surface area contributed by atoms with E-state index in [0.29, 0.717) is 17.9 Å². The molecule has 100 valence electrons. The highest BCUT2D eigenvalue weighted by atomic mass is 32.2. The van der Waals surface area contributed by atoms with Gasteiger partial charge in [0.1, 0.15) is 0 Å². The standard InChI is InChI=1S/C12H24N2O2S/c1-9(12(2,3)4)11(15)14(5)10-6-7-17(13,16)8-10/h9-10,13H,6-8H2,1-5H3. The third-order valence-electron chi connectivity index (χ3n) is 3.81. The van der Waals surface area contributed by atoms with Gasteiger partial charge in [-0.3, -0.25) is 9.57 Å². The normalized spacial score (nSPS) is 31.2. The quantitative estimate of drug-likeness (QED) is 0.825. The second-order valence-electron chi connectivity index (χ2n) is 6.16. The molecule has 0 aromatic carbocycles. The Hall–Kier alpha value is -0.580. The molecule has 0 radical (unpaired) electrons. The van der Waals surface area contributed by atoms with Crippen LogP contribution in [0.3, 0.4) is 0 Å². The smallest absolute Gasteiger partial charge is 0.225 e. The van der Waals surface area contributed by atoms with E-state index in [-0.39, 0.29) is 23.3 Å². The van der Waals surface area contributed by atoms with Gasteiger partial charge < -0.3 is 4.90 Å². The maximum absolute atomic E-state index is 12.3. The van der Waals surface area contributed by atoms with Crippen molar-refractivity contribution < 1.29 is 9.00 Å². The summed E-state index contributed by atoms with van der Waals surface area (Å²) in [4.78, 5) is 14.0. The molecule has 0 spiro atoms. The van der Waals surface area contributed by atoms with Crippen LogP contribution < -0.4 is 0 Å². The van der Waals surface area contributed by atoms with Gasteiger partial charge in [0, 0.05) is 34.5 Å². The predicted octanol–water partition coefficient (Wildman–Crippen LogP) is 1.95. The first-order valence-corrected chi connectivity index (χ1v) is 7.95. The molecule has 3 atom stereocenters. The predicted molar refractivity (Wildman–Crippen MR) is 70.4 cm³/mol. The lowest BCUT2D eigenvalue weighted by molar-refractivity contribution is -0.138. The van der Waals surface area contributed by atoms with Crippen LogP contribution in [0.2, 0.25) is 0 Å². The lowest BCUT2D eigenvalue weighted by Gasteiger charge is -2.33. The van der Waals surface area contributed by atoms with Crippen LogP contribution in [0.15, 0.2) is 0 Å². The van der Waals surface area contributed by atoms with E-state index in [1.165, 1.54) is 0 Å². The highest BCUT2D eigenvalue weighted by Crippen LogP contribution is 2.28. The molecule has 1 amide bonds. The Kier molecular flexibility index (Phi) is 3.91. The van der Waals surface area contributed by atoms with Gasteiger partial charge in [0.25, 0.3) is 0 Å². The number of carbonyl (C=O) groups is 1. The van der Waals surface area contributed by atoms with E-state index in [1.54, 1.807) is 11.9 Å². The zero-order chi connectivity index (χ0) is 13.4. The average molecular weight is 260 g/mol. The molecular weight excluding hydrogens is 236 g/mol. The molecule has 0 saturated carbocycles. The molecule has 4 nitrogen and oxygen atoms in total. The average Bonchev–Trinajstić information content (AvgIpc) is 2.54. The van der Waals surface area contributed by atoms with Crippen molar-refractivity contribution >= 4 is 15.6 Å². The molecule has 1 fully saturated rings. The van der Waals surface area contributed by atoms with E-state index in [4.69, 9.17) is 4.78 Å². The topological polar surface area (TPSA) is 61.2 Å². The van der Waals surface area contributed by atoms with E-state index in [0.717, 1.165) is 0 Å². The zero-order valence-electron chi connectivity index (χ0n) is 11.4. The summed E-state index contributed by atoms with van der Waals surface area (Å²) >= 11 is 0. The minimum absolute atomic E-state index is 0.0164. The van der Waals surface area contributed by atoms with Crippen LogP contribution in [0.25, 0.3) is 0 Å². The van der Waals surface area contributed by atoms with Gasteiger partial charge >= 0.3 is 0 Å². The molecule has 0 aromatic heterocycles. The van der Waals surface area contributed by atoms with E-state index >= 15 is 0 Å². The van der Waals surface area contributed by atoms with Gasteiger partial charge in [-0.05, 0) is 11.8 Å². The van der Waals surface area contributed by atoms with Gasteiger partial charge in [-0.15, -0.1) is 0 Å². The maximum Gasteiger partial charge on any atom is 0.225 e. The summed E-state index contributed by atoms with van der Waals surface area (Å²) in [6, 6.07) is -0.0164. The Morgan fingerprint density at radius 1 is 1.47 bits per heavy atom. The summed E-state index contributed by atoms with van der Waals surface area (Å²) in [7, 11) is -0.655. The number of amides is 1. The number of carbonyl (C=O) groups excluding carboxylic acids is 1. The van der Waals surface area contributed by atoms with Crippen LogP contribution in [0.1, 0.15) is 34.1 Å². The van der Waals surface area contributed by atoms with Crippen molar-refractivity contribution in [2.24, 2.45) is 11.3 Å². The van der Waals surface area contributed by atoms with Crippen LogP contribution in [0, 0.1) is 16.1 Å². The first kappa shape index (κ1) is 14.5. The molecule has 1 aliphatic heterocycles. The second kappa shape index (κ2) is 4.59. The fourth-order valence-electron chi connectivity index (χ4n) is 1.97. The van der Waals surface area contributed by atoms with Crippen molar-refractivity contribution in [3.05, 3.63) is 0 Å². The number of nitrogens with one attached hydrogen (secondary N) is 1. The molecule has 17 heavy (non-hydrogen) atoms. The molecule has 5 heteroatoms. The van der Waals surface area contributed by atoms with Crippen molar-refractivity contribution in [3.63, 3.8) is 0 Å². The van der Waals surface area contributed by atoms with Gasteiger partial charge in [0.15, 0.2) is 0 Å². The third-order valence-corrected chi connectivity index (χ3v) is 5.63. The van der Waals surface area contributed by atoms with Gasteiger partial charge in [0.05, 0.1) is 5.75 Å². The van der Waals surface area contributed by atoms with E-state index in [1.807, 2.05) is 27.7 Å². The summed E-state index contributed by atoms with van der Waals surface area (Å²) in [5.74, 6) is 0.806. The molecule has 1 rings (SSSR count). The Morgan fingerprint density at radius 3 is 2.35 bits per heavy atom. The Bertz CT molecular complexity index is 395. The van der Waals surface area contributed by atoms with Crippen LogP contribution in [-0.4, -0.2) is 39.6 Å². The summed E-state index contributed by atoms with van der Waals surface area (Å²) in [5.41, 5.74) is -0.0632. The van der Waals surface area contributed by atoms with Crippen molar-refractivity contribution in [1.82, 2.24) is 4.90 Å². The van der Waals surface area contributed by atoms with Crippen LogP contribution in [0.5, 0.6) is 0 Å². The van der Waals surface area contributed by atoms with Gasteiger partial charge in [-0.2, -0.15) is 0 Å². The van der Waals surface area contributed by atoms with E-state index < -0.39 is 9.73 Å². The largest absolute Gasteiger partial charge is 0.342 e. The maximum atomic E-state index is 12.3. The first-order chi connectivity index (χ1) is 7.54. The zero-order valence-corrected chi connectivity index (χ0v) is 12.3. The van der Waals surface area contributed by atoms with Crippen molar-refractivity contribution in [2.45, 2.75) is 40.2 Å². The summed E-state index contributed by atoms with van der Waals surface area (Å²) in [6.45, 7) is 8.08. The first-order valence-electron chi connectivity index (χ1n) is 6.05. The SMILES string of the molecule is CC(C(=O)N(C)C1CCS(=N)(=O)C1)C(C)(C)C. The minimum Gasteiger partial charge on any atom is -0.342 e. The lowest BCUT2D eigenvalue weighted by atomic mass is 9.81. The molecule has 0 aromatic rings. The number of rotatable bonds is 2. The Labute approximate surface area is 105 Å². The van der Waals surface area contributed by atoms with Gasteiger partial charge in [-0.1, -0.05) is 27.7 Å². The van der Waals surface area contributed by atoms with Crippen molar-refractivity contribution in [3.8, 4) is 0 Å². The lowest BCUT2D eigenvalue weighted by Crippen LogP contribution is -2.43. The molecule has 3 unspecified atom stereocenters. The van der Waals surface area contributed by atoms with E-state index in [2.05, 4.69) is 0 Å². The third kappa shape index (κ3) is 3.44. The number of nitrogens with zero attached hydrogens (tertiary/aromatic N) is 1. The molecular formula is C12H24N2O2S. The Morgan fingerprint density at radius 2 is 2.00 bits per heavy atom. The fraction of sp³-hybridized carbons (Fsp3) is 0.917. The summed E-state index contributed by atoms with van der Waals surface area (Å²) < 4.78 is 19.2. The summed E-state index contributed by atoms with van der Waals surface area (Å²) in [6.07, 6.45) is 0.696. The van der Waals surface area contributed by atoms with E-state index in [9.17, 15) is 9.00 Å². The number of hydrogen-bond donors (Lipinski definition) is 1. The second-order valence-corrected chi connectivity index (χ2v) is 8.53. The van der Waals surface area contributed by atoms with Crippen LogP contribution in [-0.2, 0) is 14.5 Å². The molecule has 1 N–H and O–H groups in total. The van der Waals surface area contributed by atoms with Gasteiger partial charge in [-0.25, -0.2) is 4.21 Å². The summed E-state index contributed by atoms with van der Waals surface area (Å²) in [5, 5.41) is 0. The van der Waals surface area contributed by atoms with Crippen LogP contribution >= 0.6 is 0 Å². The molecule has 1 aliphatic rings. The molecule has 0 aliphatic carbocycles. The highest BCUT2D eigenvalue weighted by Gasteiger charge is 2.35. The highest BCUT2D eigenvalue weighted by molar-refractivity contribution is 7.92. The van der Waals surface area contributed by atoms with Crippen molar-refractivity contribution in [2.75, 3.05) is 18.6 Å². The molecule has 1 heterocycles. The van der Waals surface area contributed by atoms with Crippen LogP contribution in [0.4, 0.5) is 0 Å². The van der Waals surface area contributed by atoms with Gasteiger partial charge in [0.2, 0.25) is 5.91 Å². The number of hydrogen-bond acceptors (Lipinski definition) is 3. The molecule has 1 saturated heterocycles. The Balaban J connectivity index is 2.72. The fourth-order valence-corrected chi connectivity index (χ4v) is 3.80. The minimum atomic E-state index is -2.43.